The summed E-state index contributed by atoms with van der Waals surface area (Å²) < 4.78 is 27.7. The van der Waals surface area contributed by atoms with Crippen molar-refractivity contribution in [1.29, 1.82) is 0 Å². The van der Waals surface area contributed by atoms with Gasteiger partial charge in [0.25, 0.3) is 27.8 Å². The van der Waals surface area contributed by atoms with E-state index in [1.807, 2.05) is 152 Å². The summed E-state index contributed by atoms with van der Waals surface area (Å²) >= 11 is 4.45. The van der Waals surface area contributed by atoms with E-state index in [0.717, 1.165) is 112 Å². The van der Waals surface area contributed by atoms with E-state index >= 15 is 0 Å². The van der Waals surface area contributed by atoms with Crippen molar-refractivity contribution in [3.8, 4) is 11.3 Å². The number of azo groups is 5. The van der Waals surface area contributed by atoms with Gasteiger partial charge in [0.1, 0.15) is 23.2 Å². The fraction of sp³-hybridized carbons (Fsp3) is 0.467. The average Bonchev–Trinajstić information content (AvgIpc) is 1.57. The van der Waals surface area contributed by atoms with E-state index in [9.17, 15) is 4.79 Å². The fourth-order valence-corrected chi connectivity index (χ4v) is 17.3. The predicted molar refractivity (Wildman–Crippen MR) is 534 cm³/mol. The molecule has 0 spiro atoms. The number of thioether (sulfide) groups is 1. The van der Waals surface area contributed by atoms with Gasteiger partial charge in [0.15, 0.2) is 89.3 Å². The van der Waals surface area contributed by atoms with Gasteiger partial charge in [0.05, 0.1) is 65.1 Å². The van der Waals surface area contributed by atoms with Crippen LogP contribution >= 0.6 is 34.6 Å². The molecule has 17 rings (SSSR count). The number of fused-ring (bicyclic) bond motifs is 6. The van der Waals surface area contributed by atoms with E-state index in [-0.39, 0.29) is 44.0 Å². The maximum Gasteiger partial charge on any atom is 0.259 e. The summed E-state index contributed by atoms with van der Waals surface area (Å²) in [4.78, 5) is 23.1. The minimum Gasteiger partial charge on any atom is -0.312 e. The number of aryl methyl sites for hydroxylation is 11. The van der Waals surface area contributed by atoms with Gasteiger partial charge >= 0.3 is 0 Å². The molecule has 0 atom stereocenters. The third kappa shape index (κ3) is 20.1. The zero-order valence-electron chi connectivity index (χ0n) is 84.2. The van der Waals surface area contributed by atoms with Gasteiger partial charge in [-0.3, -0.25) is 23.4 Å². The molecule has 45 heteroatoms. The quantitative estimate of drug-likeness (QED) is 0.0522. The summed E-state index contributed by atoms with van der Waals surface area (Å²) in [5.74, 6) is 6.16. The largest absolute Gasteiger partial charge is 0.312 e. The first-order chi connectivity index (χ1) is 64.2. The average molecular weight is 1910 g/mol. The highest BCUT2D eigenvalue weighted by Crippen LogP contribution is 2.47. The molecule has 15 heterocycles. The monoisotopic (exact) mass is 1910 g/mol. The molecule has 17 aromatic rings. The number of rotatable bonds is 15. The Kier molecular flexibility index (Phi) is 28.0. The molecule has 0 saturated carbocycles. The Morgan fingerprint density at radius 1 is 0.409 bits per heavy atom. The molecule has 0 fully saturated rings. The van der Waals surface area contributed by atoms with Crippen molar-refractivity contribution in [2.24, 2.45) is 108 Å². The Morgan fingerprint density at radius 2 is 0.847 bits per heavy atom. The third-order valence-corrected chi connectivity index (χ3v) is 24.3. The second kappa shape index (κ2) is 38.3. The van der Waals surface area contributed by atoms with Gasteiger partial charge in [-0.05, 0) is 61.2 Å². The molecule has 137 heavy (non-hydrogen) atoms. The van der Waals surface area contributed by atoms with Crippen LogP contribution in [0.1, 0.15) is 234 Å². The lowest BCUT2D eigenvalue weighted by Gasteiger charge is -2.15. The van der Waals surface area contributed by atoms with Gasteiger partial charge in [0, 0.05) is 113 Å². The van der Waals surface area contributed by atoms with E-state index in [1.165, 1.54) is 33.5 Å². The van der Waals surface area contributed by atoms with Crippen LogP contribution < -0.4 is 5.56 Å². The summed E-state index contributed by atoms with van der Waals surface area (Å²) in [5, 5.41) is 110. The molecule has 0 aliphatic heterocycles. The molecule has 0 aliphatic rings. The highest BCUT2D eigenvalue weighted by Gasteiger charge is 2.36. The summed E-state index contributed by atoms with van der Waals surface area (Å²) in [5.41, 5.74) is 14.5. The summed E-state index contributed by atoms with van der Waals surface area (Å²) in [6, 6.07) is 19.1. The van der Waals surface area contributed by atoms with Crippen molar-refractivity contribution < 1.29 is 0 Å². The lowest BCUT2D eigenvalue weighted by Crippen LogP contribution is -2.17. The van der Waals surface area contributed by atoms with Crippen LogP contribution in [-0.2, 0) is 88.9 Å². The first-order valence-electron chi connectivity index (χ1n) is 44.3. The van der Waals surface area contributed by atoms with E-state index in [1.54, 1.807) is 94.7 Å². The molecule has 0 saturated heterocycles. The van der Waals surface area contributed by atoms with Crippen molar-refractivity contribution in [1.82, 2.24) is 136 Å². The normalized spacial score (nSPS) is 12.6. The number of aromatic nitrogens is 28. The minimum absolute atomic E-state index is 0.160. The van der Waals surface area contributed by atoms with Crippen LogP contribution in [-0.4, -0.2) is 141 Å². The Labute approximate surface area is 805 Å². The molecule has 15 aromatic heterocycles. The molecular formula is C92H117N41OS3. The zero-order valence-corrected chi connectivity index (χ0v) is 86.6. The molecule has 0 radical (unpaired) electrons. The fourth-order valence-electron chi connectivity index (χ4n) is 15.1. The Bertz CT molecular complexity index is 7760. The van der Waals surface area contributed by atoms with Crippen molar-refractivity contribution in [2.45, 2.75) is 229 Å². The van der Waals surface area contributed by atoms with E-state index in [0.29, 0.717) is 91.1 Å². The molecule has 0 N–H and O–H groups in total. The van der Waals surface area contributed by atoms with Gasteiger partial charge in [-0.25, -0.2) is 33.1 Å². The molecule has 0 amide bonds. The highest BCUT2D eigenvalue weighted by molar-refractivity contribution is 8.01. The molecule has 2 aromatic carbocycles. The first-order valence-corrected chi connectivity index (χ1v) is 46.9. The zero-order chi connectivity index (χ0) is 100. The van der Waals surface area contributed by atoms with Gasteiger partial charge in [-0.1, -0.05) is 225 Å². The van der Waals surface area contributed by atoms with E-state index < -0.39 is 0 Å². The summed E-state index contributed by atoms with van der Waals surface area (Å²) in [6.45, 7) is 76.1. The standard InChI is InChI=1S/C21H23N9.C20H26N8O.C19H23N7S.C16H21N9.C16H24N8S2/c1-13-25-29(7)20-17(18(21(2,3)4)27-30(13)20)23-24-19-16(22-5)15(26-28(19)6)14-11-9-8-10-12-14;1-19(2,3)15-13(21-7)17(27(9)24-15)23-22-14-16(20(4,5)6)25-28-11-10-12(29)26(8)18(14)28;1-11(2)16-23-25(6)18-14(15(19(3,4)5)22-26(16)18)20-21-17-12-9-7-8-10-13(12)24-27-17;1-9-11(17-6)14(23(7)20-9)19-18-12-13(16(3,4)5)22-25-10(2)21-24(8)15(12)25;1-8-25-15-20-19-14(26-15)18-17-10-11(16(4,5)6)21-24-13(10)23(7)12(22-24)9(2)3/h8-12H,1-4,6-7H3;10-11H,1-6,8-9H3;7-11H,1-6H3;1-5,7-8H3;9H,8H2,1-7H3. The van der Waals surface area contributed by atoms with Crippen molar-refractivity contribution >= 4 is 147 Å². The molecule has 0 unspecified atom stereocenters. The SMILES string of the molecule is CC(C)c1nn(C)c2c(N=Nc3snc4ccccc34)c(C(C)(C)C)nn12.CCSc1nnc(N=Nc2c(C(C)(C)C)nn3nc(C(C)C)n(C)c23)s1.[C-]#[N+]c1c(-c2ccccc2)nn(C)c1N=Nc1c(C(C)(C)C)nn2c(C)nn(C)c12.[C-]#[N+]c1c(C(C)(C)C)nn(C)c1N=Nc1c(C(C)(C)C)nn2ccc(=O)n(C)c12.[C-]#[N+]c1c(C)nn(C)c1N=Nc1c(C(C)(C)C)nn2c(C)nn(C)c12. The van der Waals surface area contributed by atoms with Crippen LogP contribution in [0.4, 0.5) is 73.1 Å². The van der Waals surface area contributed by atoms with Crippen LogP contribution in [0.3, 0.4) is 0 Å². The molecular weight excluding hydrogens is 1790 g/mol. The second-order valence-electron chi connectivity index (χ2n) is 39.7. The molecule has 714 valence electrons. The maximum atomic E-state index is 12.2. The van der Waals surface area contributed by atoms with E-state index in [2.05, 4.69) is 249 Å². The number of hydrogen-bond donors (Lipinski definition) is 0. The van der Waals surface area contributed by atoms with Crippen molar-refractivity contribution in [2.75, 3.05) is 5.75 Å². The Balaban J connectivity index is 0.000000145. The minimum atomic E-state index is -0.317. The molecule has 0 bridgehead atoms. The number of nitrogens with zero attached hydrogens (tertiary/aromatic N) is 41. The second-order valence-corrected chi connectivity index (χ2v) is 42.9. The maximum absolute atomic E-state index is 12.2. The highest BCUT2D eigenvalue weighted by atomic mass is 32.2. The Hall–Kier alpha value is -14.5. The predicted octanol–water partition coefficient (Wildman–Crippen LogP) is 23.4. The van der Waals surface area contributed by atoms with Crippen LogP contribution in [0.5, 0.6) is 0 Å². The smallest absolute Gasteiger partial charge is 0.259 e. The lowest BCUT2D eigenvalue weighted by atomic mass is 9.91. The number of benzene rings is 2. The topological polar surface area (TPSA) is 409 Å². The van der Waals surface area contributed by atoms with E-state index in [4.69, 9.17) is 29.9 Å². The van der Waals surface area contributed by atoms with Crippen LogP contribution in [0.15, 0.2) is 127 Å². The van der Waals surface area contributed by atoms with Crippen molar-refractivity contribution in [3.05, 3.63) is 175 Å². The summed E-state index contributed by atoms with van der Waals surface area (Å²) in [6.07, 6.45) is 1.62. The summed E-state index contributed by atoms with van der Waals surface area (Å²) in [7, 11) is 14.6. The van der Waals surface area contributed by atoms with Gasteiger partial charge in [0.2, 0.25) is 0 Å². The van der Waals surface area contributed by atoms with Crippen LogP contribution in [0.2, 0.25) is 0 Å². The van der Waals surface area contributed by atoms with Gasteiger partial charge in [-0.15, -0.1) is 71.1 Å². The van der Waals surface area contributed by atoms with Crippen LogP contribution in [0.25, 0.3) is 64.9 Å². The lowest BCUT2D eigenvalue weighted by molar-refractivity contribution is 0.555. The first kappa shape index (κ1) is 99.9. The van der Waals surface area contributed by atoms with Gasteiger partial charge in [-0.2, -0.15) is 74.0 Å². The van der Waals surface area contributed by atoms with Gasteiger partial charge < -0.3 is 4.57 Å². The van der Waals surface area contributed by atoms with Crippen LogP contribution in [0, 0.1) is 40.5 Å². The van der Waals surface area contributed by atoms with Crippen molar-refractivity contribution in [3.63, 3.8) is 0 Å². The molecule has 42 nitrogen and oxygen atoms in total. The number of hydrogen-bond acceptors (Lipinski definition) is 29. The molecule has 0 aliphatic carbocycles. The Morgan fingerprint density at radius 3 is 1.36 bits per heavy atom. The third-order valence-electron chi connectivity index (χ3n) is 21.7.